The van der Waals surface area contributed by atoms with Gasteiger partial charge in [-0.05, 0) is 43.0 Å². The molecule has 1 fully saturated rings. The van der Waals surface area contributed by atoms with Gasteiger partial charge in [0.05, 0.1) is 26.0 Å². The number of likely N-dealkylation sites (tertiary alicyclic amines) is 1. The van der Waals surface area contributed by atoms with Gasteiger partial charge in [-0.15, -0.1) is 5.10 Å². The van der Waals surface area contributed by atoms with Crippen molar-refractivity contribution < 1.29 is 19.1 Å². The number of carbonyl (C=O) groups is 2. The lowest BCUT2D eigenvalue weighted by Crippen LogP contribution is -2.43. The van der Waals surface area contributed by atoms with Gasteiger partial charge >= 0.3 is 0 Å². The Morgan fingerprint density at radius 3 is 2.50 bits per heavy atom. The molecule has 5 rings (SSSR count). The molecule has 2 aliphatic heterocycles. The number of carbonyl (C=O) groups excluding carboxylic acids is 2. The molecule has 3 heterocycles. The van der Waals surface area contributed by atoms with Gasteiger partial charge in [0, 0.05) is 25.6 Å². The zero-order valence-electron chi connectivity index (χ0n) is 20.6. The van der Waals surface area contributed by atoms with E-state index in [0.29, 0.717) is 50.4 Å². The number of aryl methyl sites for hydroxylation is 1. The molecule has 2 aromatic carbocycles. The SMILES string of the molecule is COc1ccc(C2Cn3nnc(C(=O)N4CCC(C(=O)NCc5ccc(C)cc5)CC4)c3CO2)cc1. The molecule has 188 valence electrons. The molecular formula is C27H31N5O4. The summed E-state index contributed by atoms with van der Waals surface area (Å²) in [4.78, 5) is 27.6. The second kappa shape index (κ2) is 10.5. The van der Waals surface area contributed by atoms with Crippen molar-refractivity contribution in [1.29, 1.82) is 0 Å². The van der Waals surface area contributed by atoms with Gasteiger partial charge < -0.3 is 19.7 Å². The third kappa shape index (κ3) is 5.11. The molecule has 9 heteroatoms. The number of methoxy groups -OCH3 is 1. The van der Waals surface area contributed by atoms with Crippen LogP contribution in [-0.2, 0) is 29.2 Å². The van der Waals surface area contributed by atoms with Gasteiger partial charge in [-0.1, -0.05) is 47.2 Å². The summed E-state index contributed by atoms with van der Waals surface area (Å²) in [6.07, 6.45) is 1.10. The number of amides is 2. The number of benzene rings is 2. The minimum absolute atomic E-state index is 0.0432. The summed E-state index contributed by atoms with van der Waals surface area (Å²) in [5.74, 6) is 0.585. The molecule has 1 unspecified atom stereocenters. The van der Waals surface area contributed by atoms with E-state index in [1.165, 1.54) is 5.56 Å². The van der Waals surface area contributed by atoms with Crippen molar-refractivity contribution in [2.24, 2.45) is 5.92 Å². The third-order valence-corrected chi connectivity index (χ3v) is 7.03. The van der Waals surface area contributed by atoms with Crippen LogP contribution < -0.4 is 10.1 Å². The van der Waals surface area contributed by atoms with Crippen LogP contribution in [0.3, 0.4) is 0 Å². The largest absolute Gasteiger partial charge is 0.497 e. The number of fused-ring (bicyclic) bond motifs is 1. The Morgan fingerprint density at radius 1 is 1.08 bits per heavy atom. The van der Waals surface area contributed by atoms with Crippen molar-refractivity contribution in [2.75, 3.05) is 20.2 Å². The van der Waals surface area contributed by atoms with E-state index in [-0.39, 0.29) is 30.4 Å². The first-order valence-corrected chi connectivity index (χ1v) is 12.3. The number of piperidine rings is 1. The topological polar surface area (TPSA) is 98.6 Å². The average Bonchev–Trinajstić information content (AvgIpc) is 3.35. The summed E-state index contributed by atoms with van der Waals surface area (Å²) in [5, 5.41) is 11.5. The molecule has 3 aromatic rings. The standard InChI is InChI=1S/C27H31N5O4/c1-18-3-5-19(6-4-18)15-28-26(33)21-11-13-31(14-12-21)27(34)25-23-17-36-24(16-32(23)30-29-25)20-7-9-22(35-2)10-8-20/h3-10,21,24H,11-17H2,1-2H3,(H,28,33). The highest BCUT2D eigenvalue weighted by Crippen LogP contribution is 2.29. The molecule has 0 bridgehead atoms. The normalized spacial score (nSPS) is 17.9. The first-order valence-electron chi connectivity index (χ1n) is 12.3. The second-order valence-corrected chi connectivity index (χ2v) is 9.41. The van der Waals surface area contributed by atoms with Gasteiger partial charge in [-0.2, -0.15) is 0 Å². The molecule has 0 saturated carbocycles. The minimum atomic E-state index is -0.165. The van der Waals surface area contributed by atoms with E-state index in [2.05, 4.69) is 15.6 Å². The maximum Gasteiger partial charge on any atom is 0.276 e. The molecule has 1 N–H and O–H groups in total. The van der Waals surface area contributed by atoms with Gasteiger partial charge in [0.1, 0.15) is 11.9 Å². The first kappa shape index (κ1) is 24.0. The van der Waals surface area contributed by atoms with E-state index in [4.69, 9.17) is 9.47 Å². The highest BCUT2D eigenvalue weighted by Gasteiger charge is 2.33. The minimum Gasteiger partial charge on any atom is -0.497 e. The van der Waals surface area contributed by atoms with Gasteiger partial charge in [0.25, 0.3) is 5.91 Å². The highest BCUT2D eigenvalue weighted by molar-refractivity contribution is 5.93. The van der Waals surface area contributed by atoms with E-state index in [9.17, 15) is 9.59 Å². The molecule has 0 aliphatic carbocycles. The summed E-state index contributed by atoms with van der Waals surface area (Å²) in [6, 6.07) is 15.9. The van der Waals surface area contributed by atoms with Gasteiger partial charge in [0.2, 0.25) is 5.91 Å². The summed E-state index contributed by atoms with van der Waals surface area (Å²) >= 11 is 0. The summed E-state index contributed by atoms with van der Waals surface area (Å²) in [5.41, 5.74) is 4.33. The van der Waals surface area contributed by atoms with Crippen molar-refractivity contribution in [3.63, 3.8) is 0 Å². The van der Waals surface area contributed by atoms with E-state index >= 15 is 0 Å². The van der Waals surface area contributed by atoms with Gasteiger partial charge in [-0.3, -0.25) is 9.59 Å². The van der Waals surface area contributed by atoms with Crippen LogP contribution in [0.15, 0.2) is 48.5 Å². The first-order chi connectivity index (χ1) is 17.5. The Hall–Kier alpha value is -3.72. The Morgan fingerprint density at radius 2 is 1.81 bits per heavy atom. The predicted molar refractivity (Wildman–Crippen MR) is 132 cm³/mol. The Balaban J connectivity index is 1.15. The molecule has 2 aliphatic rings. The van der Waals surface area contributed by atoms with Crippen LogP contribution in [0.1, 0.15) is 51.8 Å². The van der Waals surface area contributed by atoms with Gasteiger partial charge in [0.15, 0.2) is 5.69 Å². The quantitative estimate of drug-likeness (QED) is 0.572. The monoisotopic (exact) mass is 489 g/mol. The molecule has 2 amide bonds. The smallest absolute Gasteiger partial charge is 0.276 e. The Bertz CT molecular complexity index is 1210. The molecule has 1 atom stereocenters. The zero-order valence-corrected chi connectivity index (χ0v) is 20.6. The summed E-state index contributed by atoms with van der Waals surface area (Å²) in [7, 11) is 1.64. The van der Waals surface area contributed by atoms with E-state index in [1.807, 2.05) is 55.5 Å². The van der Waals surface area contributed by atoms with Crippen LogP contribution in [-0.4, -0.2) is 51.9 Å². The molecule has 1 aromatic heterocycles. The number of hydrogen-bond donors (Lipinski definition) is 1. The molecular weight excluding hydrogens is 458 g/mol. The maximum atomic E-state index is 13.2. The van der Waals surface area contributed by atoms with Crippen LogP contribution in [0.4, 0.5) is 0 Å². The molecule has 1 saturated heterocycles. The predicted octanol–water partition coefficient (Wildman–Crippen LogP) is 3.04. The lowest BCUT2D eigenvalue weighted by molar-refractivity contribution is -0.126. The van der Waals surface area contributed by atoms with Crippen LogP contribution in [0.5, 0.6) is 5.75 Å². The van der Waals surface area contributed by atoms with E-state index < -0.39 is 0 Å². The van der Waals surface area contributed by atoms with Crippen molar-refractivity contribution >= 4 is 11.8 Å². The lowest BCUT2D eigenvalue weighted by Gasteiger charge is -2.31. The fourth-order valence-corrected chi connectivity index (χ4v) is 4.73. The Labute approximate surface area is 210 Å². The molecule has 36 heavy (non-hydrogen) atoms. The van der Waals surface area contributed by atoms with Crippen LogP contribution in [0, 0.1) is 12.8 Å². The van der Waals surface area contributed by atoms with E-state index in [0.717, 1.165) is 16.9 Å². The summed E-state index contributed by atoms with van der Waals surface area (Å²) in [6.45, 7) is 4.35. The molecule has 9 nitrogen and oxygen atoms in total. The van der Waals surface area contributed by atoms with Crippen molar-refractivity contribution in [3.8, 4) is 5.75 Å². The van der Waals surface area contributed by atoms with Crippen molar-refractivity contribution in [3.05, 3.63) is 76.6 Å². The Kier molecular flexibility index (Phi) is 6.99. The third-order valence-electron chi connectivity index (χ3n) is 7.03. The molecule has 0 radical (unpaired) electrons. The highest BCUT2D eigenvalue weighted by atomic mass is 16.5. The van der Waals surface area contributed by atoms with Gasteiger partial charge in [-0.25, -0.2) is 4.68 Å². The number of nitrogens with one attached hydrogen (secondary N) is 1. The fourth-order valence-electron chi connectivity index (χ4n) is 4.73. The number of hydrogen-bond acceptors (Lipinski definition) is 6. The second-order valence-electron chi connectivity index (χ2n) is 9.41. The number of rotatable bonds is 6. The van der Waals surface area contributed by atoms with Crippen LogP contribution in [0.2, 0.25) is 0 Å². The van der Waals surface area contributed by atoms with Crippen molar-refractivity contribution in [1.82, 2.24) is 25.2 Å². The number of aromatic nitrogens is 3. The number of ether oxygens (including phenoxy) is 2. The fraction of sp³-hybridized carbons (Fsp3) is 0.407. The molecule has 0 spiro atoms. The van der Waals surface area contributed by atoms with E-state index in [1.54, 1.807) is 16.7 Å². The van der Waals surface area contributed by atoms with Crippen LogP contribution >= 0.6 is 0 Å². The zero-order chi connectivity index (χ0) is 25.1. The lowest BCUT2D eigenvalue weighted by atomic mass is 9.95. The maximum absolute atomic E-state index is 13.2. The van der Waals surface area contributed by atoms with Crippen LogP contribution in [0.25, 0.3) is 0 Å². The number of nitrogens with zero attached hydrogens (tertiary/aromatic N) is 4. The van der Waals surface area contributed by atoms with Crippen molar-refractivity contribution in [2.45, 2.75) is 45.6 Å². The summed E-state index contributed by atoms with van der Waals surface area (Å²) < 4.78 is 13.0. The average molecular weight is 490 g/mol.